The Morgan fingerprint density at radius 1 is 1.19 bits per heavy atom. The van der Waals surface area contributed by atoms with Gasteiger partial charge in [-0.15, -0.1) is 0 Å². The topological polar surface area (TPSA) is 75.7 Å². The highest BCUT2D eigenvalue weighted by Crippen LogP contribution is 2.28. The molecule has 0 atom stereocenters. The van der Waals surface area contributed by atoms with Crippen molar-refractivity contribution in [3.05, 3.63) is 53.5 Å². The highest BCUT2D eigenvalue weighted by atomic mass is 16.5. The molecule has 0 spiro atoms. The number of hydrogen-bond donors (Lipinski definition) is 1. The molecule has 4 rings (SSSR count). The third kappa shape index (κ3) is 3.15. The molecule has 1 N–H and O–H groups in total. The molecular weight excluding hydrogens is 330 g/mol. The van der Waals surface area contributed by atoms with Gasteiger partial charge < -0.3 is 19.6 Å². The largest absolute Gasteiger partial charge is 0.508 e. The van der Waals surface area contributed by atoms with E-state index in [2.05, 4.69) is 19.7 Å². The number of phenols is 1. The molecule has 1 aliphatic heterocycles. The van der Waals surface area contributed by atoms with E-state index in [0.29, 0.717) is 30.1 Å². The summed E-state index contributed by atoms with van der Waals surface area (Å²) in [7, 11) is 0. The van der Waals surface area contributed by atoms with Gasteiger partial charge in [-0.05, 0) is 18.2 Å². The van der Waals surface area contributed by atoms with Gasteiger partial charge in [-0.25, -0.2) is 16.5 Å². The van der Waals surface area contributed by atoms with Gasteiger partial charge >= 0.3 is 0 Å². The predicted octanol–water partition coefficient (Wildman–Crippen LogP) is 2.65. The zero-order valence-corrected chi connectivity index (χ0v) is 14.1. The Bertz CT molecular complexity index is 993. The summed E-state index contributed by atoms with van der Waals surface area (Å²) in [4.78, 5) is 19.5. The number of aromatic nitrogens is 3. The summed E-state index contributed by atoms with van der Waals surface area (Å²) in [5, 5.41) is 9.79. The van der Waals surface area contributed by atoms with Crippen LogP contribution in [0.5, 0.6) is 5.75 Å². The van der Waals surface area contributed by atoms with Crippen molar-refractivity contribution in [1.82, 2.24) is 15.0 Å². The Morgan fingerprint density at radius 3 is 2.81 bits per heavy atom. The van der Waals surface area contributed by atoms with Crippen molar-refractivity contribution in [3.63, 3.8) is 0 Å². The van der Waals surface area contributed by atoms with Crippen LogP contribution in [0.4, 0.5) is 5.82 Å². The van der Waals surface area contributed by atoms with Crippen molar-refractivity contribution in [2.24, 2.45) is 0 Å². The maximum absolute atomic E-state index is 9.79. The molecule has 3 aromatic rings. The van der Waals surface area contributed by atoms with Crippen molar-refractivity contribution >= 4 is 16.9 Å². The zero-order chi connectivity index (χ0) is 17.9. The number of phenolic OH excluding ortho intramolecular Hbond substituents is 1. The van der Waals surface area contributed by atoms with Gasteiger partial charge in [0.05, 0.1) is 24.3 Å². The fraction of sp³-hybridized carbons (Fsp3) is 0.263. The van der Waals surface area contributed by atoms with Crippen LogP contribution in [0.1, 0.15) is 5.56 Å². The summed E-state index contributed by atoms with van der Waals surface area (Å²) >= 11 is 0. The first kappa shape index (κ1) is 16.2. The lowest BCUT2D eigenvalue weighted by molar-refractivity contribution is 0.122. The standard InChI is InChI=1S/C19H17N5O2/c1-20-11-13-9-16-17(21-12-13)19(24-5-7-26-8-6-24)23-18(22-16)14-3-2-4-15(25)10-14/h2-4,9-10,12,25H,5-8,11H2. The lowest BCUT2D eigenvalue weighted by Crippen LogP contribution is -2.37. The Balaban J connectivity index is 1.90. The van der Waals surface area contributed by atoms with Crippen molar-refractivity contribution in [2.75, 3.05) is 31.2 Å². The van der Waals surface area contributed by atoms with Crippen LogP contribution in [0, 0.1) is 6.57 Å². The zero-order valence-electron chi connectivity index (χ0n) is 14.1. The second-order valence-electron chi connectivity index (χ2n) is 6.05. The molecule has 0 saturated carbocycles. The maximum Gasteiger partial charge on any atom is 0.241 e. The van der Waals surface area contributed by atoms with Crippen molar-refractivity contribution < 1.29 is 9.84 Å². The molecule has 0 bridgehead atoms. The van der Waals surface area contributed by atoms with Crippen molar-refractivity contribution in [3.8, 4) is 17.1 Å². The van der Waals surface area contributed by atoms with Crippen LogP contribution in [0.3, 0.4) is 0 Å². The molecule has 1 fully saturated rings. The van der Waals surface area contributed by atoms with E-state index in [1.807, 2.05) is 12.1 Å². The molecular formula is C19H17N5O2. The average Bonchev–Trinajstić information content (AvgIpc) is 2.68. The minimum atomic E-state index is 0.166. The van der Waals surface area contributed by atoms with Gasteiger partial charge in [-0.1, -0.05) is 12.1 Å². The lowest BCUT2D eigenvalue weighted by Gasteiger charge is -2.28. The number of nitrogens with zero attached hydrogens (tertiary/aromatic N) is 5. The molecule has 3 heterocycles. The van der Waals surface area contributed by atoms with E-state index in [1.165, 1.54) is 0 Å². The molecule has 7 heteroatoms. The van der Waals surface area contributed by atoms with Crippen LogP contribution in [0.2, 0.25) is 0 Å². The Morgan fingerprint density at radius 2 is 2.04 bits per heavy atom. The van der Waals surface area contributed by atoms with Crippen LogP contribution >= 0.6 is 0 Å². The number of pyridine rings is 1. The van der Waals surface area contributed by atoms with E-state index < -0.39 is 0 Å². The van der Waals surface area contributed by atoms with E-state index >= 15 is 0 Å². The molecule has 1 aromatic carbocycles. The summed E-state index contributed by atoms with van der Waals surface area (Å²) in [5.41, 5.74) is 2.96. The number of ether oxygens (including phenoxy) is 1. The minimum Gasteiger partial charge on any atom is -0.508 e. The number of rotatable bonds is 3. The predicted molar refractivity (Wildman–Crippen MR) is 97.8 cm³/mol. The van der Waals surface area contributed by atoms with Gasteiger partial charge in [-0.2, -0.15) is 0 Å². The van der Waals surface area contributed by atoms with E-state index in [-0.39, 0.29) is 12.3 Å². The molecule has 2 aromatic heterocycles. The van der Waals surface area contributed by atoms with Crippen LogP contribution in [-0.4, -0.2) is 46.4 Å². The fourth-order valence-corrected chi connectivity index (χ4v) is 2.99. The van der Waals surface area contributed by atoms with Gasteiger partial charge in [0.25, 0.3) is 0 Å². The number of aromatic hydroxyl groups is 1. The van der Waals surface area contributed by atoms with Crippen LogP contribution in [-0.2, 0) is 11.3 Å². The van der Waals surface area contributed by atoms with Crippen LogP contribution in [0.15, 0.2) is 36.5 Å². The second kappa shape index (κ2) is 6.94. The van der Waals surface area contributed by atoms with E-state index in [1.54, 1.807) is 24.4 Å². The number of fused-ring (bicyclic) bond motifs is 1. The molecule has 1 aliphatic rings. The first-order valence-electron chi connectivity index (χ1n) is 8.36. The third-order valence-electron chi connectivity index (χ3n) is 4.25. The fourth-order valence-electron chi connectivity index (χ4n) is 2.99. The molecule has 0 unspecified atom stereocenters. The Labute approximate surface area is 150 Å². The highest BCUT2D eigenvalue weighted by molar-refractivity contribution is 5.88. The maximum atomic E-state index is 9.79. The smallest absolute Gasteiger partial charge is 0.241 e. The monoisotopic (exact) mass is 347 g/mol. The molecule has 0 amide bonds. The van der Waals surface area contributed by atoms with E-state index in [0.717, 1.165) is 30.0 Å². The minimum absolute atomic E-state index is 0.166. The number of benzene rings is 1. The molecule has 0 aliphatic carbocycles. The molecule has 26 heavy (non-hydrogen) atoms. The summed E-state index contributed by atoms with van der Waals surface area (Å²) < 4.78 is 5.44. The normalized spacial score (nSPS) is 14.3. The Kier molecular flexibility index (Phi) is 4.33. The molecule has 0 radical (unpaired) electrons. The lowest BCUT2D eigenvalue weighted by atomic mass is 10.2. The van der Waals surface area contributed by atoms with Crippen LogP contribution in [0.25, 0.3) is 27.3 Å². The van der Waals surface area contributed by atoms with Gasteiger partial charge in [0.2, 0.25) is 6.54 Å². The van der Waals surface area contributed by atoms with Crippen molar-refractivity contribution in [1.29, 1.82) is 0 Å². The summed E-state index contributed by atoms with van der Waals surface area (Å²) in [6.07, 6.45) is 1.71. The first-order valence-corrected chi connectivity index (χ1v) is 8.36. The average molecular weight is 347 g/mol. The molecule has 7 nitrogen and oxygen atoms in total. The second-order valence-corrected chi connectivity index (χ2v) is 6.05. The number of morpholine rings is 1. The Hall–Kier alpha value is -3.24. The third-order valence-corrected chi connectivity index (χ3v) is 4.25. The van der Waals surface area contributed by atoms with Gasteiger partial charge in [0.1, 0.15) is 11.3 Å². The van der Waals surface area contributed by atoms with Crippen molar-refractivity contribution in [2.45, 2.75) is 6.54 Å². The van der Waals surface area contributed by atoms with Gasteiger partial charge in [0, 0.05) is 24.8 Å². The highest BCUT2D eigenvalue weighted by Gasteiger charge is 2.19. The van der Waals surface area contributed by atoms with Crippen LogP contribution < -0.4 is 4.90 Å². The van der Waals surface area contributed by atoms with E-state index in [9.17, 15) is 5.11 Å². The number of hydrogen-bond acceptors (Lipinski definition) is 6. The molecule has 130 valence electrons. The summed E-state index contributed by atoms with van der Waals surface area (Å²) in [6, 6.07) is 8.77. The number of anilines is 1. The summed E-state index contributed by atoms with van der Waals surface area (Å²) in [6.45, 7) is 10.1. The van der Waals surface area contributed by atoms with E-state index in [4.69, 9.17) is 16.3 Å². The quantitative estimate of drug-likeness (QED) is 0.734. The SMILES string of the molecule is [C-]#[N+]Cc1cnc2c(N3CCOCC3)nc(-c3cccc(O)c3)nc2c1. The first-order chi connectivity index (χ1) is 12.7. The van der Waals surface area contributed by atoms with Gasteiger partial charge in [0.15, 0.2) is 11.6 Å². The molecule has 1 saturated heterocycles. The van der Waals surface area contributed by atoms with Gasteiger partial charge in [-0.3, -0.25) is 4.98 Å². The summed E-state index contributed by atoms with van der Waals surface area (Å²) in [5.74, 6) is 1.45.